The molecule has 82 valence electrons. The summed E-state index contributed by atoms with van der Waals surface area (Å²) >= 11 is 0. The van der Waals surface area contributed by atoms with Gasteiger partial charge in [-0.25, -0.2) is 9.45 Å². The van der Waals surface area contributed by atoms with E-state index in [1.807, 2.05) is 0 Å². The van der Waals surface area contributed by atoms with Crippen molar-refractivity contribution in [2.24, 2.45) is 0 Å². The van der Waals surface area contributed by atoms with Crippen molar-refractivity contribution in [1.82, 2.24) is 5.06 Å². The molecule has 2 rings (SSSR count). The predicted molar refractivity (Wildman–Crippen MR) is 52.7 cm³/mol. The van der Waals surface area contributed by atoms with Gasteiger partial charge in [0.2, 0.25) is 0 Å². The minimum Gasteiger partial charge on any atom is -0.271 e. The van der Waals surface area contributed by atoms with Gasteiger partial charge in [-0.15, -0.1) is 0 Å². The van der Waals surface area contributed by atoms with Crippen LogP contribution in [0.3, 0.4) is 0 Å². The monoisotopic (exact) mass is 220 g/mol. The van der Waals surface area contributed by atoms with Crippen molar-refractivity contribution in [3.63, 3.8) is 0 Å². The molecule has 1 saturated heterocycles. The van der Waals surface area contributed by atoms with Gasteiger partial charge < -0.3 is 0 Å². The quantitative estimate of drug-likeness (QED) is 0.720. The Morgan fingerprint density at radius 1 is 1.56 bits per heavy atom. The van der Waals surface area contributed by atoms with Crippen LogP contribution in [-0.2, 0) is 4.84 Å². The number of carbonyl (C=O) groups is 1. The average Bonchev–Trinajstić information content (AvgIpc) is 2.81. The lowest BCUT2D eigenvalue weighted by molar-refractivity contribution is -0.0768. The summed E-state index contributed by atoms with van der Waals surface area (Å²) in [5.41, 5.74) is -0.188. The van der Waals surface area contributed by atoms with E-state index in [4.69, 9.17) is 10.1 Å². The van der Waals surface area contributed by atoms with E-state index in [1.165, 1.54) is 12.1 Å². The third-order valence-electron chi connectivity index (χ3n) is 2.34. The van der Waals surface area contributed by atoms with Gasteiger partial charge in [0.1, 0.15) is 17.4 Å². The number of carbonyl (C=O) groups excluding carboxylic acids is 1. The maximum absolute atomic E-state index is 13.3. The molecule has 0 unspecified atom stereocenters. The Balaban J connectivity index is 2.36. The van der Waals surface area contributed by atoms with Crippen LogP contribution in [0.15, 0.2) is 18.2 Å². The molecule has 4 nitrogen and oxygen atoms in total. The Morgan fingerprint density at radius 3 is 3.00 bits per heavy atom. The highest BCUT2D eigenvalue weighted by Gasteiger charge is 2.24. The summed E-state index contributed by atoms with van der Waals surface area (Å²) in [5, 5.41) is 9.95. The lowest BCUT2D eigenvalue weighted by atomic mass is 10.1. The van der Waals surface area contributed by atoms with Gasteiger partial charge in [-0.2, -0.15) is 5.26 Å². The zero-order valence-electron chi connectivity index (χ0n) is 8.44. The largest absolute Gasteiger partial charge is 0.278 e. The summed E-state index contributed by atoms with van der Waals surface area (Å²) in [6, 6.07) is 5.67. The van der Waals surface area contributed by atoms with Crippen molar-refractivity contribution < 1.29 is 14.0 Å². The lowest BCUT2D eigenvalue weighted by Crippen LogP contribution is -2.27. The Morgan fingerprint density at radius 2 is 2.38 bits per heavy atom. The second kappa shape index (κ2) is 4.29. The molecule has 0 radical (unpaired) electrons. The standard InChI is InChI=1S/C11H9FN2O2/c12-10-4-1-3-8(9(10)7-13)11(15)14-5-2-6-16-14/h1,3-4H,2,5-6H2. The molecule has 1 heterocycles. The van der Waals surface area contributed by atoms with Crippen LogP contribution in [0.2, 0.25) is 0 Å². The van der Waals surface area contributed by atoms with Crippen LogP contribution >= 0.6 is 0 Å². The van der Waals surface area contributed by atoms with Gasteiger partial charge in [-0.3, -0.25) is 9.63 Å². The van der Waals surface area contributed by atoms with Crippen LogP contribution in [0.25, 0.3) is 0 Å². The molecule has 1 aliphatic heterocycles. The normalized spacial score (nSPS) is 14.9. The number of halogens is 1. The van der Waals surface area contributed by atoms with Crippen molar-refractivity contribution >= 4 is 5.91 Å². The number of hydroxylamine groups is 2. The fraction of sp³-hybridized carbons (Fsp3) is 0.273. The molecule has 1 fully saturated rings. The molecule has 0 N–H and O–H groups in total. The first-order valence-electron chi connectivity index (χ1n) is 4.87. The summed E-state index contributed by atoms with van der Waals surface area (Å²) in [4.78, 5) is 16.9. The fourth-order valence-corrected chi connectivity index (χ4v) is 1.56. The first kappa shape index (κ1) is 10.6. The average molecular weight is 220 g/mol. The molecule has 0 aliphatic carbocycles. The van der Waals surface area contributed by atoms with Crippen molar-refractivity contribution in [3.8, 4) is 6.07 Å². The van der Waals surface area contributed by atoms with Gasteiger partial charge in [0.25, 0.3) is 5.91 Å². The zero-order chi connectivity index (χ0) is 11.5. The van der Waals surface area contributed by atoms with Crippen molar-refractivity contribution in [2.75, 3.05) is 13.2 Å². The van der Waals surface area contributed by atoms with Crippen molar-refractivity contribution in [1.29, 1.82) is 5.26 Å². The number of hydrogen-bond donors (Lipinski definition) is 0. The molecule has 0 bridgehead atoms. The number of benzene rings is 1. The summed E-state index contributed by atoms with van der Waals surface area (Å²) in [6.07, 6.45) is 0.753. The van der Waals surface area contributed by atoms with Crippen LogP contribution in [0.1, 0.15) is 22.3 Å². The molecule has 1 aliphatic rings. The first-order chi connectivity index (χ1) is 7.74. The van der Waals surface area contributed by atoms with Gasteiger partial charge >= 0.3 is 0 Å². The molecule has 1 aromatic rings. The summed E-state index contributed by atoms with van der Waals surface area (Å²) < 4.78 is 13.3. The van der Waals surface area contributed by atoms with Gasteiger partial charge in [-0.05, 0) is 18.6 Å². The van der Waals surface area contributed by atoms with E-state index in [0.717, 1.165) is 17.6 Å². The van der Waals surface area contributed by atoms with Crippen LogP contribution in [0.5, 0.6) is 0 Å². The van der Waals surface area contributed by atoms with Crippen molar-refractivity contribution in [2.45, 2.75) is 6.42 Å². The highest BCUT2D eigenvalue weighted by molar-refractivity contribution is 5.96. The second-order valence-corrected chi connectivity index (χ2v) is 3.37. The van der Waals surface area contributed by atoms with E-state index in [1.54, 1.807) is 6.07 Å². The minimum absolute atomic E-state index is 0.0457. The number of hydrogen-bond acceptors (Lipinski definition) is 3. The van der Waals surface area contributed by atoms with Gasteiger partial charge in [-0.1, -0.05) is 6.07 Å². The van der Waals surface area contributed by atoms with Crippen LogP contribution in [-0.4, -0.2) is 24.1 Å². The predicted octanol–water partition coefficient (Wildman–Crippen LogP) is 1.47. The van der Waals surface area contributed by atoms with Gasteiger partial charge in [0.05, 0.1) is 18.7 Å². The van der Waals surface area contributed by atoms with E-state index in [-0.39, 0.29) is 11.1 Å². The van der Waals surface area contributed by atoms with Crippen LogP contribution < -0.4 is 0 Å². The number of nitriles is 1. The summed E-state index contributed by atoms with van der Waals surface area (Å²) in [6.45, 7) is 0.948. The number of amides is 1. The maximum Gasteiger partial charge on any atom is 0.278 e. The molecule has 16 heavy (non-hydrogen) atoms. The van der Waals surface area contributed by atoms with Crippen LogP contribution in [0.4, 0.5) is 4.39 Å². The molecule has 1 amide bonds. The fourth-order valence-electron chi connectivity index (χ4n) is 1.56. The third kappa shape index (κ3) is 1.75. The topological polar surface area (TPSA) is 53.3 Å². The summed E-state index contributed by atoms with van der Waals surface area (Å²) in [7, 11) is 0. The Kier molecular flexibility index (Phi) is 2.84. The lowest BCUT2D eigenvalue weighted by Gasteiger charge is -2.14. The van der Waals surface area contributed by atoms with E-state index in [2.05, 4.69) is 0 Å². The van der Waals surface area contributed by atoms with E-state index in [9.17, 15) is 9.18 Å². The number of rotatable bonds is 1. The second-order valence-electron chi connectivity index (χ2n) is 3.37. The third-order valence-corrected chi connectivity index (χ3v) is 2.34. The van der Waals surface area contributed by atoms with Crippen LogP contribution in [0, 0.1) is 17.1 Å². The summed E-state index contributed by atoms with van der Waals surface area (Å²) in [5.74, 6) is -1.15. The van der Waals surface area contributed by atoms with Gasteiger partial charge in [0, 0.05) is 0 Å². The molecule has 5 heteroatoms. The Labute approximate surface area is 91.8 Å². The maximum atomic E-state index is 13.3. The molecular formula is C11H9FN2O2. The zero-order valence-corrected chi connectivity index (χ0v) is 8.44. The Hall–Kier alpha value is -1.93. The van der Waals surface area contributed by atoms with E-state index < -0.39 is 11.7 Å². The molecular weight excluding hydrogens is 211 g/mol. The molecule has 0 spiro atoms. The number of nitrogens with zero attached hydrogens (tertiary/aromatic N) is 2. The highest BCUT2D eigenvalue weighted by atomic mass is 19.1. The smallest absolute Gasteiger partial charge is 0.271 e. The molecule has 0 atom stereocenters. The van der Waals surface area contributed by atoms with Gasteiger partial charge in [0.15, 0.2) is 0 Å². The molecule has 0 saturated carbocycles. The first-order valence-corrected chi connectivity index (χ1v) is 4.87. The SMILES string of the molecule is N#Cc1c(F)cccc1C(=O)N1CCCO1. The molecule has 0 aromatic heterocycles. The minimum atomic E-state index is -0.687. The van der Waals surface area contributed by atoms with E-state index >= 15 is 0 Å². The highest BCUT2D eigenvalue weighted by Crippen LogP contribution is 2.17. The van der Waals surface area contributed by atoms with Crippen molar-refractivity contribution in [3.05, 3.63) is 35.1 Å². The molecule has 1 aromatic carbocycles. The Bertz CT molecular complexity index is 462. The van der Waals surface area contributed by atoms with E-state index in [0.29, 0.717) is 13.2 Å².